The molecule has 0 aliphatic rings. The van der Waals surface area contributed by atoms with Gasteiger partial charge in [-0.25, -0.2) is 0 Å². The highest BCUT2D eigenvalue weighted by Crippen LogP contribution is 2.26. The van der Waals surface area contributed by atoms with Crippen LogP contribution in [0.4, 0.5) is 0 Å². The number of benzene rings is 1. The fourth-order valence-electron chi connectivity index (χ4n) is 2.26. The van der Waals surface area contributed by atoms with E-state index in [1.807, 2.05) is 18.2 Å². The number of nitrogens with zero attached hydrogens (tertiary/aromatic N) is 1. The summed E-state index contributed by atoms with van der Waals surface area (Å²) in [6, 6.07) is 8.24. The summed E-state index contributed by atoms with van der Waals surface area (Å²) in [6.45, 7) is 9.37. The normalized spacial score (nSPS) is 11.3. The second kappa shape index (κ2) is 6.55. The molecule has 0 bridgehead atoms. The third-order valence-corrected chi connectivity index (χ3v) is 3.19. The fourth-order valence-corrected chi connectivity index (χ4v) is 2.26. The van der Waals surface area contributed by atoms with Crippen molar-refractivity contribution in [2.75, 3.05) is 20.1 Å². The van der Waals surface area contributed by atoms with Crippen LogP contribution >= 0.6 is 0 Å². The van der Waals surface area contributed by atoms with Crippen molar-refractivity contribution in [2.45, 2.75) is 20.0 Å². The van der Waals surface area contributed by atoms with Gasteiger partial charge in [0.1, 0.15) is 11.3 Å². The molecule has 3 nitrogen and oxygen atoms in total. The SMILES string of the molecule is C=CCN(C)Cc1c(CNCC)oc2ccccc12. The van der Waals surface area contributed by atoms with Crippen LogP contribution in [-0.4, -0.2) is 25.0 Å². The van der Waals surface area contributed by atoms with Crippen molar-refractivity contribution in [3.8, 4) is 0 Å². The van der Waals surface area contributed by atoms with E-state index in [0.717, 1.165) is 37.5 Å². The summed E-state index contributed by atoms with van der Waals surface area (Å²) in [5.74, 6) is 1.04. The maximum Gasteiger partial charge on any atom is 0.134 e. The zero-order valence-corrected chi connectivity index (χ0v) is 11.8. The third-order valence-electron chi connectivity index (χ3n) is 3.19. The summed E-state index contributed by atoms with van der Waals surface area (Å²) in [4.78, 5) is 2.24. The van der Waals surface area contributed by atoms with E-state index in [-0.39, 0.29) is 0 Å². The van der Waals surface area contributed by atoms with Crippen molar-refractivity contribution < 1.29 is 4.42 Å². The Labute approximate surface area is 114 Å². The van der Waals surface area contributed by atoms with Crippen LogP contribution in [0.2, 0.25) is 0 Å². The molecule has 0 amide bonds. The smallest absolute Gasteiger partial charge is 0.134 e. The lowest BCUT2D eigenvalue weighted by Gasteiger charge is -2.14. The van der Waals surface area contributed by atoms with E-state index in [2.05, 4.69) is 42.9 Å². The Kier molecular flexibility index (Phi) is 4.77. The molecule has 0 saturated carbocycles. The number of furan rings is 1. The minimum Gasteiger partial charge on any atom is -0.459 e. The van der Waals surface area contributed by atoms with Crippen LogP contribution in [0.25, 0.3) is 11.0 Å². The third kappa shape index (κ3) is 3.25. The topological polar surface area (TPSA) is 28.4 Å². The molecule has 3 heteroatoms. The minimum absolute atomic E-state index is 0.780. The summed E-state index contributed by atoms with van der Waals surface area (Å²) < 4.78 is 5.97. The number of hydrogen-bond donors (Lipinski definition) is 1. The molecule has 1 heterocycles. The molecule has 1 aromatic carbocycles. The first-order valence-corrected chi connectivity index (χ1v) is 6.75. The predicted octanol–water partition coefficient (Wildman–Crippen LogP) is 3.16. The van der Waals surface area contributed by atoms with Gasteiger partial charge < -0.3 is 9.73 Å². The molecule has 0 spiro atoms. The summed E-state index contributed by atoms with van der Waals surface area (Å²) >= 11 is 0. The van der Waals surface area contributed by atoms with Crippen LogP contribution in [0, 0.1) is 0 Å². The van der Waals surface area contributed by atoms with Gasteiger partial charge >= 0.3 is 0 Å². The lowest BCUT2D eigenvalue weighted by atomic mass is 10.1. The monoisotopic (exact) mass is 258 g/mol. The first-order valence-electron chi connectivity index (χ1n) is 6.75. The van der Waals surface area contributed by atoms with Gasteiger partial charge in [0.2, 0.25) is 0 Å². The second-order valence-corrected chi connectivity index (χ2v) is 4.77. The molecule has 0 radical (unpaired) electrons. The average molecular weight is 258 g/mol. The van der Waals surface area contributed by atoms with Crippen molar-refractivity contribution in [3.63, 3.8) is 0 Å². The van der Waals surface area contributed by atoms with Gasteiger partial charge in [-0.05, 0) is 19.7 Å². The van der Waals surface area contributed by atoms with E-state index in [0.29, 0.717) is 0 Å². The zero-order valence-electron chi connectivity index (χ0n) is 11.8. The minimum atomic E-state index is 0.780. The van der Waals surface area contributed by atoms with Gasteiger partial charge in [0, 0.05) is 24.0 Å². The Bertz CT molecular complexity index is 545. The molecule has 0 unspecified atom stereocenters. The standard InChI is InChI=1S/C16H22N2O/c1-4-10-18(3)12-14-13-8-6-7-9-15(13)19-16(14)11-17-5-2/h4,6-9,17H,1,5,10-12H2,2-3H3. The molecule has 102 valence electrons. The van der Waals surface area contributed by atoms with Crippen molar-refractivity contribution in [3.05, 3.63) is 48.2 Å². The highest BCUT2D eigenvalue weighted by atomic mass is 16.3. The average Bonchev–Trinajstić information content (AvgIpc) is 2.75. The summed E-state index contributed by atoms with van der Waals surface area (Å²) in [5.41, 5.74) is 2.25. The van der Waals surface area contributed by atoms with Crippen LogP contribution in [0.5, 0.6) is 0 Å². The van der Waals surface area contributed by atoms with Crippen molar-refractivity contribution in [2.24, 2.45) is 0 Å². The Morgan fingerprint density at radius 2 is 2.16 bits per heavy atom. The molecule has 2 rings (SSSR count). The second-order valence-electron chi connectivity index (χ2n) is 4.77. The van der Waals surface area contributed by atoms with Gasteiger partial charge in [0.25, 0.3) is 0 Å². The molecule has 0 fully saturated rings. The van der Waals surface area contributed by atoms with Gasteiger partial charge in [-0.15, -0.1) is 6.58 Å². The van der Waals surface area contributed by atoms with E-state index in [1.54, 1.807) is 0 Å². The molecule has 0 atom stereocenters. The van der Waals surface area contributed by atoms with Gasteiger partial charge in [-0.2, -0.15) is 0 Å². The molecular formula is C16H22N2O. The highest BCUT2D eigenvalue weighted by Gasteiger charge is 2.14. The summed E-state index contributed by atoms with van der Waals surface area (Å²) in [5, 5.41) is 4.55. The Morgan fingerprint density at radius 1 is 1.37 bits per heavy atom. The zero-order chi connectivity index (χ0) is 13.7. The number of hydrogen-bond acceptors (Lipinski definition) is 3. The van der Waals surface area contributed by atoms with Gasteiger partial charge in [-0.3, -0.25) is 4.90 Å². The van der Waals surface area contributed by atoms with Crippen LogP contribution in [0.1, 0.15) is 18.2 Å². The van der Waals surface area contributed by atoms with Gasteiger partial charge in [0.05, 0.1) is 6.54 Å². The molecule has 1 aromatic heterocycles. The van der Waals surface area contributed by atoms with E-state index < -0.39 is 0 Å². The Morgan fingerprint density at radius 3 is 2.89 bits per heavy atom. The van der Waals surface area contributed by atoms with E-state index >= 15 is 0 Å². The first-order chi connectivity index (χ1) is 9.26. The number of fused-ring (bicyclic) bond motifs is 1. The van der Waals surface area contributed by atoms with E-state index in [9.17, 15) is 0 Å². The van der Waals surface area contributed by atoms with Gasteiger partial charge in [-0.1, -0.05) is 31.2 Å². The lowest BCUT2D eigenvalue weighted by molar-refractivity contribution is 0.358. The first kappa shape index (κ1) is 13.8. The van der Waals surface area contributed by atoms with Crippen molar-refractivity contribution >= 4 is 11.0 Å². The van der Waals surface area contributed by atoms with Crippen molar-refractivity contribution in [1.29, 1.82) is 0 Å². The molecule has 2 aromatic rings. The van der Waals surface area contributed by atoms with Crippen LogP contribution < -0.4 is 5.32 Å². The lowest BCUT2D eigenvalue weighted by Crippen LogP contribution is -2.19. The maximum absolute atomic E-state index is 5.97. The molecular weight excluding hydrogens is 236 g/mol. The van der Waals surface area contributed by atoms with Gasteiger partial charge in [0.15, 0.2) is 0 Å². The maximum atomic E-state index is 5.97. The predicted molar refractivity (Wildman–Crippen MR) is 80.1 cm³/mol. The Hall–Kier alpha value is -1.58. The quantitative estimate of drug-likeness (QED) is 0.773. The van der Waals surface area contributed by atoms with E-state index in [1.165, 1.54) is 10.9 Å². The van der Waals surface area contributed by atoms with Crippen LogP contribution in [0.3, 0.4) is 0 Å². The number of para-hydroxylation sites is 1. The number of nitrogens with one attached hydrogen (secondary N) is 1. The molecule has 1 N–H and O–H groups in total. The number of likely N-dealkylation sites (N-methyl/N-ethyl adjacent to an activating group) is 1. The Balaban J connectivity index is 2.33. The summed E-state index contributed by atoms with van der Waals surface area (Å²) in [6.07, 6.45) is 1.92. The molecule has 0 saturated heterocycles. The van der Waals surface area contributed by atoms with Crippen LogP contribution in [0.15, 0.2) is 41.3 Å². The molecule has 19 heavy (non-hydrogen) atoms. The number of rotatable bonds is 7. The van der Waals surface area contributed by atoms with Crippen molar-refractivity contribution in [1.82, 2.24) is 10.2 Å². The van der Waals surface area contributed by atoms with E-state index in [4.69, 9.17) is 4.42 Å². The highest BCUT2D eigenvalue weighted by molar-refractivity contribution is 5.82. The largest absolute Gasteiger partial charge is 0.459 e. The summed E-state index contributed by atoms with van der Waals surface area (Å²) in [7, 11) is 2.10. The van der Waals surface area contributed by atoms with Crippen LogP contribution in [-0.2, 0) is 13.1 Å². The molecule has 0 aliphatic heterocycles. The molecule has 0 aliphatic carbocycles. The fraction of sp³-hybridized carbons (Fsp3) is 0.375.